The fraction of sp³-hybridized carbons (Fsp3) is 1.00. The summed E-state index contributed by atoms with van der Waals surface area (Å²) in [6.45, 7) is 2.48. The average molecular weight is 144 g/mol. The van der Waals surface area contributed by atoms with Crippen molar-refractivity contribution < 1.29 is 5.11 Å². The molecular weight excluding hydrogens is 132 g/mol. The van der Waals surface area contributed by atoms with Crippen molar-refractivity contribution in [3.63, 3.8) is 0 Å². The average Bonchev–Trinajstić information content (AvgIpc) is 1.88. The maximum absolute atomic E-state index is 10.1. The molecule has 0 aromatic rings. The van der Waals surface area contributed by atoms with Crippen LogP contribution in [0.15, 0.2) is 5.29 Å². The molecule has 58 valence electrons. The number of hydrogen-bond acceptors (Lipinski definition) is 3. The fourth-order valence-corrected chi connectivity index (χ4v) is 1.26. The van der Waals surface area contributed by atoms with E-state index in [4.69, 9.17) is 5.11 Å². The molecule has 0 saturated carbocycles. The van der Waals surface area contributed by atoms with Gasteiger partial charge in [0, 0.05) is 12.6 Å². The molecule has 2 unspecified atom stereocenters. The lowest BCUT2D eigenvalue weighted by molar-refractivity contribution is 0.0489. The molecule has 1 aliphatic rings. The summed E-state index contributed by atoms with van der Waals surface area (Å²) in [5.74, 6) is 0. The van der Waals surface area contributed by atoms with Crippen LogP contribution in [0.1, 0.15) is 19.8 Å². The molecule has 10 heavy (non-hydrogen) atoms. The Morgan fingerprint density at radius 2 is 2.40 bits per heavy atom. The van der Waals surface area contributed by atoms with E-state index in [0.717, 1.165) is 0 Å². The second-order valence-electron chi connectivity index (χ2n) is 2.77. The van der Waals surface area contributed by atoms with Gasteiger partial charge in [-0.2, -0.15) is 0 Å². The Kier molecular flexibility index (Phi) is 2.21. The zero-order valence-electron chi connectivity index (χ0n) is 6.03. The summed E-state index contributed by atoms with van der Waals surface area (Å²) >= 11 is 0. The van der Waals surface area contributed by atoms with E-state index in [1.807, 2.05) is 6.92 Å². The van der Waals surface area contributed by atoms with Gasteiger partial charge in [0.05, 0.1) is 11.4 Å². The first-order valence-corrected chi connectivity index (χ1v) is 3.52. The molecule has 0 aromatic carbocycles. The van der Waals surface area contributed by atoms with Crippen molar-refractivity contribution in [3.05, 3.63) is 4.91 Å². The van der Waals surface area contributed by atoms with Crippen LogP contribution in [0, 0.1) is 4.91 Å². The van der Waals surface area contributed by atoms with Crippen LogP contribution < -0.4 is 0 Å². The topological polar surface area (TPSA) is 52.9 Å². The van der Waals surface area contributed by atoms with Crippen LogP contribution in [-0.2, 0) is 0 Å². The smallest absolute Gasteiger partial charge is 0.0577 e. The predicted octanol–water partition coefficient (Wildman–Crippen LogP) is 0.513. The molecule has 1 saturated heterocycles. The number of piperidine rings is 1. The summed E-state index contributed by atoms with van der Waals surface area (Å²) in [4.78, 5) is 10.1. The molecule has 1 N–H and O–H groups in total. The summed E-state index contributed by atoms with van der Waals surface area (Å²) in [5, 5.41) is 13.4. The number of aliphatic hydroxyl groups excluding tert-OH is 1. The van der Waals surface area contributed by atoms with Gasteiger partial charge in [-0.25, -0.2) is 0 Å². The van der Waals surface area contributed by atoms with Crippen molar-refractivity contribution >= 4 is 0 Å². The predicted molar refractivity (Wildman–Crippen MR) is 37.2 cm³/mol. The van der Waals surface area contributed by atoms with Crippen LogP contribution in [0.2, 0.25) is 0 Å². The monoisotopic (exact) mass is 144 g/mol. The van der Waals surface area contributed by atoms with Gasteiger partial charge in [-0.1, -0.05) is 0 Å². The van der Waals surface area contributed by atoms with Crippen molar-refractivity contribution in [3.8, 4) is 0 Å². The molecule has 4 nitrogen and oxygen atoms in total. The molecule has 1 aliphatic heterocycles. The number of rotatable bonds is 1. The minimum absolute atomic E-state index is 0.0984. The lowest BCUT2D eigenvalue weighted by Crippen LogP contribution is -2.38. The van der Waals surface area contributed by atoms with Gasteiger partial charge in [-0.15, -0.1) is 4.91 Å². The molecule has 0 amide bonds. The minimum Gasteiger partial charge on any atom is -0.393 e. The molecule has 1 heterocycles. The van der Waals surface area contributed by atoms with Gasteiger partial charge < -0.3 is 5.11 Å². The highest BCUT2D eigenvalue weighted by molar-refractivity contribution is 4.75. The fourth-order valence-electron chi connectivity index (χ4n) is 1.26. The Labute approximate surface area is 59.8 Å². The zero-order chi connectivity index (χ0) is 7.56. The van der Waals surface area contributed by atoms with Gasteiger partial charge in [-0.05, 0) is 19.8 Å². The van der Waals surface area contributed by atoms with Crippen LogP contribution in [0.5, 0.6) is 0 Å². The molecule has 1 fully saturated rings. The molecular formula is C6H12N2O2. The highest BCUT2D eigenvalue weighted by Gasteiger charge is 2.23. The Morgan fingerprint density at radius 3 is 2.90 bits per heavy atom. The van der Waals surface area contributed by atoms with E-state index in [1.54, 1.807) is 0 Å². The van der Waals surface area contributed by atoms with Crippen LogP contribution >= 0.6 is 0 Å². The van der Waals surface area contributed by atoms with E-state index in [0.29, 0.717) is 19.4 Å². The van der Waals surface area contributed by atoms with E-state index in [-0.39, 0.29) is 12.1 Å². The first-order chi connectivity index (χ1) is 4.74. The molecule has 2 atom stereocenters. The summed E-state index contributed by atoms with van der Waals surface area (Å²) in [6.07, 6.45) is 1.08. The lowest BCUT2D eigenvalue weighted by Gasteiger charge is -2.30. The molecule has 0 aliphatic carbocycles. The molecule has 0 radical (unpaired) electrons. The zero-order valence-corrected chi connectivity index (χ0v) is 6.03. The van der Waals surface area contributed by atoms with E-state index < -0.39 is 0 Å². The van der Waals surface area contributed by atoms with Crippen LogP contribution in [0.4, 0.5) is 0 Å². The van der Waals surface area contributed by atoms with Gasteiger partial charge in [-0.3, -0.25) is 5.01 Å². The Hall–Kier alpha value is -0.640. The standard InChI is InChI=1S/C6H12N2O2/c1-5-4-6(9)2-3-8(5)7-10/h5-6,9H,2-4H2,1H3. The quantitative estimate of drug-likeness (QED) is 0.545. The van der Waals surface area contributed by atoms with E-state index in [2.05, 4.69) is 5.29 Å². The van der Waals surface area contributed by atoms with Crippen LogP contribution in [-0.4, -0.2) is 28.8 Å². The van der Waals surface area contributed by atoms with Crippen LogP contribution in [0.25, 0.3) is 0 Å². The maximum Gasteiger partial charge on any atom is 0.0577 e. The van der Waals surface area contributed by atoms with Crippen molar-refractivity contribution in [2.45, 2.75) is 31.9 Å². The first-order valence-electron chi connectivity index (χ1n) is 3.52. The van der Waals surface area contributed by atoms with Gasteiger partial charge in [0.2, 0.25) is 0 Å². The third-order valence-electron chi connectivity index (χ3n) is 1.92. The second-order valence-corrected chi connectivity index (χ2v) is 2.77. The summed E-state index contributed by atoms with van der Waals surface area (Å²) in [6, 6.07) is 0.0984. The minimum atomic E-state index is -0.243. The Balaban J connectivity index is 2.43. The molecule has 4 heteroatoms. The highest BCUT2D eigenvalue weighted by atomic mass is 16.3. The second kappa shape index (κ2) is 2.96. The number of nitrogens with zero attached hydrogens (tertiary/aromatic N) is 2. The van der Waals surface area contributed by atoms with Gasteiger partial charge >= 0.3 is 0 Å². The summed E-state index contributed by atoms with van der Waals surface area (Å²) in [5.41, 5.74) is 0. The van der Waals surface area contributed by atoms with Crippen molar-refractivity contribution in [2.24, 2.45) is 5.29 Å². The summed E-state index contributed by atoms with van der Waals surface area (Å²) < 4.78 is 0. The Morgan fingerprint density at radius 1 is 1.70 bits per heavy atom. The molecule has 1 rings (SSSR count). The number of hydrogen-bond donors (Lipinski definition) is 1. The summed E-state index contributed by atoms with van der Waals surface area (Å²) in [7, 11) is 0. The molecule has 0 spiro atoms. The third-order valence-corrected chi connectivity index (χ3v) is 1.92. The third kappa shape index (κ3) is 1.44. The van der Waals surface area contributed by atoms with Crippen molar-refractivity contribution in [1.29, 1.82) is 0 Å². The SMILES string of the molecule is CC1CC(O)CCN1N=O. The first kappa shape index (κ1) is 7.47. The van der Waals surface area contributed by atoms with Gasteiger partial charge in [0.1, 0.15) is 0 Å². The molecule has 0 aromatic heterocycles. The largest absolute Gasteiger partial charge is 0.393 e. The van der Waals surface area contributed by atoms with Gasteiger partial charge in [0.25, 0.3) is 0 Å². The Bertz CT molecular complexity index is 129. The van der Waals surface area contributed by atoms with Gasteiger partial charge in [0.15, 0.2) is 0 Å². The number of aliphatic hydroxyl groups is 1. The van der Waals surface area contributed by atoms with Crippen molar-refractivity contribution in [2.75, 3.05) is 6.54 Å². The highest BCUT2D eigenvalue weighted by Crippen LogP contribution is 2.16. The maximum atomic E-state index is 10.1. The normalized spacial score (nSPS) is 34.0. The number of nitroso groups, excluding NO2 is 1. The van der Waals surface area contributed by atoms with E-state index in [9.17, 15) is 4.91 Å². The molecule has 0 bridgehead atoms. The van der Waals surface area contributed by atoms with E-state index >= 15 is 0 Å². The van der Waals surface area contributed by atoms with E-state index in [1.165, 1.54) is 5.01 Å². The lowest BCUT2D eigenvalue weighted by atomic mass is 10.0. The van der Waals surface area contributed by atoms with Crippen LogP contribution in [0.3, 0.4) is 0 Å². The van der Waals surface area contributed by atoms with Crippen molar-refractivity contribution in [1.82, 2.24) is 5.01 Å².